The van der Waals surface area contributed by atoms with Crippen molar-refractivity contribution in [3.63, 3.8) is 0 Å². The lowest BCUT2D eigenvalue weighted by atomic mass is 10.1. The molecule has 0 atom stereocenters. The number of nitrogens with one attached hydrogen (secondary N) is 3. The van der Waals surface area contributed by atoms with E-state index in [9.17, 15) is 4.39 Å². The maximum absolute atomic E-state index is 13.5. The monoisotopic (exact) mass is 484 g/mol. The molecule has 0 saturated heterocycles. The zero-order valence-electron chi connectivity index (χ0n) is 16.1. The molecule has 1 aromatic carbocycles. The maximum atomic E-state index is 13.5. The third-order valence-corrected chi connectivity index (χ3v) is 4.73. The van der Waals surface area contributed by atoms with Crippen LogP contribution in [0.4, 0.5) is 4.39 Å². The summed E-state index contributed by atoms with van der Waals surface area (Å²) in [6, 6.07) is 4.80. The van der Waals surface area contributed by atoms with E-state index in [1.807, 2.05) is 24.9 Å². The van der Waals surface area contributed by atoms with Gasteiger partial charge in [0.15, 0.2) is 5.96 Å². The zero-order chi connectivity index (χ0) is 18.7. The molecule has 0 radical (unpaired) electrons. The Kier molecular flexibility index (Phi) is 7.23. The standard InChI is InChI=1S/C19H25FN6.HI/c1-12-17(13(2)26(4)25-12)11-24-19(21-3)22-8-7-14-10-23-18-6-5-15(20)9-16(14)18;/h5-6,9-10,23H,7-8,11H2,1-4H3,(H2,21,22,24);1H. The lowest BCUT2D eigenvalue weighted by molar-refractivity contribution is 0.629. The Hall–Kier alpha value is -2.10. The Morgan fingerprint density at radius 2 is 2.07 bits per heavy atom. The minimum absolute atomic E-state index is 0. The van der Waals surface area contributed by atoms with Crippen LogP contribution < -0.4 is 10.6 Å². The Morgan fingerprint density at radius 1 is 1.30 bits per heavy atom. The van der Waals surface area contributed by atoms with Gasteiger partial charge in [0.2, 0.25) is 0 Å². The molecule has 0 unspecified atom stereocenters. The number of nitrogens with zero attached hydrogens (tertiary/aromatic N) is 3. The highest BCUT2D eigenvalue weighted by Crippen LogP contribution is 2.19. The van der Waals surface area contributed by atoms with Gasteiger partial charge in [0.05, 0.1) is 5.69 Å². The van der Waals surface area contributed by atoms with Gasteiger partial charge in [-0.3, -0.25) is 9.67 Å². The molecule has 3 rings (SSSR count). The molecule has 0 aliphatic rings. The van der Waals surface area contributed by atoms with Crippen LogP contribution in [-0.2, 0) is 20.0 Å². The fraction of sp³-hybridized carbons (Fsp3) is 0.368. The largest absolute Gasteiger partial charge is 0.361 e. The first-order valence-electron chi connectivity index (χ1n) is 8.68. The quantitative estimate of drug-likeness (QED) is 0.296. The van der Waals surface area contributed by atoms with Gasteiger partial charge in [-0.15, -0.1) is 24.0 Å². The minimum atomic E-state index is -0.217. The average molecular weight is 484 g/mol. The summed E-state index contributed by atoms with van der Waals surface area (Å²) in [6.07, 6.45) is 2.71. The van der Waals surface area contributed by atoms with Crippen molar-refractivity contribution in [1.82, 2.24) is 25.4 Å². The topological polar surface area (TPSA) is 70.0 Å². The van der Waals surface area contributed by atoms with Gasteiger partial charge >= 0.3 is 0 Å². The molecular formula is C19H26FIN6. The lowest BCUT2D eigenvalue weighted by Gasteiger charge is -2.12. The van der Waals surface area contributed by atoms with Crippen LogP contribution in [0.1, 0.15) is 22.5 Å². The lowest BCUT2D eigenvalue weighted by Crippen LogP contribution is -2.38. The van der Waals surface area contributed by atoms with E-state index in [4.69, 9.17) is 0 Å². The summed E-state index contributed by atoms with van der Waals surface area (Å²) in [5.41, 5.74) is 5.38. The average Bonchev–Trinajstić information content (AvgIpc) is 3.12. The van der Waals surface area contributed by atoms with Gasteiger partial charge in [-0.2, -0.15) is 5.10 Å². The first kappa shape index (κ1) is 21.2. The van der Waals surface area contributed by atoms with Crippen LogP contribution in [0.5, 0.6) is 0 Å². The number of aromatic amines is 1. The molecule has 27 heavy (non-hydrogen) atoms. The smallest absolute Gasteiger partial charge is 0.191 e. The number of hydrogen-bond donors (Lipinski definition) is 3. The van der Waals surface area contributed by atoms with Gasteiger partial charge < -0.3 is 15.6 Å². The van der Waals surface area contributed by atoms with E-state index in [1.54, 1.807) is 19.2 Å². The number of H-pyrrole nitrogens is 1. The highest BCUT2D eigenvalue weighted by molar-refractivity contribution is 14.0. The molecule has 2 heterocycles. The molecule has 146 valence electrons. The molecule has 6 nitrogen and oxygen atoms in total. The van der Waals surface area contributed by atoms with Crippen LogP contribution >= 0.6 is 24.0 Å². The number of fused-ring (bicyclic) bond motifs is 1. The highest BCUT2D eigenvalue weighted by atomic mass is 127. The number of aryl methyl sites for hydroxylation is 2. The van der Waals surface area contributed by atoms with Crippen LogP contribution in [-0.4, -0.2) is 34.3 Å². The van der Waals surface area contributed by atoms with Crippen molar-refractivity contribution in [3.05, 3.63) is 52.7 Å². The molecule has 0 fully saturated rings. The van der Waals surface area contributed by atoms with Crippen LogP contribution in [0.15, 0.2) is 29.4 Å². The number of benzene rings is 1. The predicted molar refractivity (Wildman–Crippen MR) is 118 cm³/mol. The molecule has 0 bridgehead atoms. The molecule has 0 aliphatic heterocycles. The van der Waals surface area contributed by atoms with Crippen molar-refractivity contribution in [2.24, 2.45) is 12.0 Å². The summed E-state index contributed by atoms with van der Waals surface area (Å²) < 4.78 is 15.3. The van der Waals surface area contributed by atoms with Crippen molar-refractivity contribution < 1.29 is 4.39 Å². The van der Waals surface area contributed by atoms with Gasteiger partial charge in [-0.05, 0) is 44.0 Å². The van der Waals surface area contributed by atoms with E-state index >= 15 is 0 Å². The zero-order valence-corrected chi connectivity index (χ0v) is 18.4. The third kappa shape index (κ3) is 4.79. The Balaban J connectivity index is 0.00000261. The van der Waals surface area contributed by atoms with Crippen molar-refractivity contribution in [1.29, 1.82) is 0 Å². The van der Waals surface area contributed by atoms with Gasteiger partial charge in [0, 0.05) is 55.5 Å². The van der Waals surface area contributed by atoms with E-state index in [0.29, 0.717) is 13.1 Å². The number of hydrogen-bond acceptors (Lipinski definition) is 2. The summed E-state index contributed by atoms with van der Waals surface area (Å²) in [4.78, 5) is 7.44. The maximum Gasteiger partial charge on any atom is 0.191 e. The minimum Gasteiger partial charge on any atom is -0.361 e. The molecule has 3 N–H and O–H groups in total. The highest BCUT2D eigenvalue weighted by Gasteiger charge is 2.10. The van der Waals surface area contributed by atoms with Crippen LogP contribution in [0, 0.1) is 19.7 Å². The molecule has 8 heteroatoms. The van der Waals surface area contributed by atoms with Crippen LogP contribution in [0.25, 0.3) is 10.9 Å². The number of aromatic nitrogens is 3. The normalized spacial score (nSPS) is 11.5. The van der Waals surface area contributed by atoms with Crippen LogP contribution in [0.2, 0.25) is 0 Å². The number of guanidine groups is 1. The van der Waals surface area contributed by atoms with Crippen LogP contribution in [0.3, 0.4) is 0 Å². The molecule has 0 spiro atoms. The number of rotatable bonds is 5. The van der Waals surface area contributed by atoms with E-state index < -0.39 is 0 Å². The van der Waals surface area contributed by atoms with Crippen molar-refractivity contribution in [2.45, 2.75) is 26.8 Å². The first-order valence-corrected chi connectivity index (χ1v) is 8.68. The molecule has 0 saturated carbocycles. The van der Waals surface area contributed by atoms with E-state index in [1.165, 1.54) is 11.6 Å². The van der Waals surface area contributed by atoms with Gasteiger partial charge in [0.25, 0.3) is 0 Å². The summed E-state index contributed by atoms with van der Waals surface area (Å²) in [5.74, 6) is 0.518. The Bertz CT molecular complexity index is 943. The fourth-order valence-corrected chi connectivity index (χ4v) is 3.14. The van der Waals surface area contributed by atoms with Gasteiger partial charge in [-0.25, -0.2) is 4.39 Å². The molecule has 3 aromatic rings. The second kappa shape index (κ2) is 9.20. The van der Waals surface area contributed by atoms with E-state index in [2.05, 4.69) is 32.6 Å². The van der Waals surface area contributed by atoms with Gasteiger partial charge in [-0.1, -0.05) is 0 Å². The van der Waals surface area contributed by atoms with Crippen molar-refractivity contribution >= 4 is 40.8 Å². The van der Waals surface area contributed by atoms with Crippen molar-refractivity contribution in [3.8, 4) is 0 Å². The number of halogens is 2. The SMILES string of the molecule is CN=C(NCCc1c[nH]c2ccc(F)cc12)NCc1c(C)nn(C)c1C.I. The Morgan fingerprint density at radius 3 is 2.74 bits per heavy atom. The summed E-state index contributed by atoms with van der Waals surface area (Å²) in [6.45, 7) is 5.44. The molecule has 0 amide bonds. The van der Waals surface area contributed by atoms with Crippen molar-refractivity contribution in [2.75, 3.05) is 13.6 Å². The Labute approximate surface area is 175 Å². The summed E-state index contributed by atoms with van der Waals surface area (Å²) >= 11 is 0. The fourth-order valence-electron chi connectivity index (χ4n) is 3.14. The second-order valence-corrected chi connectivity index (χ2v) is 6.38. The van der Waals surface area contributed by atoms with E-state index in [-0.39, 0.29) is 29.8 Å². The summed E-state index contributed by atoms with van der Waals surface area (Å²) in [5, 5.41) is 12.0. The molecule has 0 aliphatic carbocycles. The molecular weight excluding hydrogens is 458 g/mol. The third-order valence-electron chi connectivity index (χ3n) is 4.73. The first-order chi connectivity index (χ1) is 12.5. The predicted octanol–water partition coefficient (Wildman–Crippen LogP) is 3.18. The molecule has 2 aromatic heterocycles. The summed E-state index contributed by atoms with van der Waals surface area (Å²) in [7, 11) is 3.70. The van der Waals surface area contributed by atoms with E-state index in [0.717, 1.165) is 40.2 Å². The second-order valence-electron chi connectivity index (χ2n) is 6.38. The number of aliphatic imine (C=N–C) groups is 1. The van der Waals surface area contributed by atoms with Gasteiger partial charge in [0.1, 0.15) is 5.82 Å².